The molecule has 164 valence electrons. The van der Waals surface area contributed by atoms with E-state index in [2.05, 4.69) is 20.8 Å². The van der Waals surface area contributed by atoms with E-state index in [4.69, 9.17) is 14.0 Å². The van der Waals surface area contributed by atoms with Crippen molar-refractivity contribution >= 4 is 10.1 Å². The molecule has 0 rings (SSSR count). The Morgan fingerprint density at radius 1 is 0.667 bits per heavy atom. The first kappa shape index (κ1) is 26.8. The van der Waals surface area contributed by atoms with E-state index >= 15 is 0 Å². The van der Waals surface area contributed by atoms with Crippen LogP contribution in [0.1, 0.15) is 72.1 Å². The van der Waals surface area contributed by atoms with Gasteiger partial charge in [0, 0.05) is 13.0 Å². The van der Waals surface area contributed by atoms with E-state index < -0.39 is 10.1 Å². The van der Waals surface area contributed by atoms with Crippen LogP contribution in [0, 0.1) is 0 Å². The van der Waals surface area contributed by atoms with E-state index in [1.165, 1.54) is 25.7 Å². The van der Waals surface area contributed by atoms with E-state index in [1.807, 2.05) is 0 Å². The van der Waals surface area contributed by atoms with Crippen LogP contribution in [0.2, 0.25) is 0 Å². The van der Waals surface area contributed by atoms with Crippen LogP contribution in [0.15, 0.2) is 0 Å². The van der Waals surface area contributed by atoms with Crippen LogP contribution in [0.4, 0.5) is 0 Å². The highest BCUT2D eigenvalue weighted by Gasteiger charge is 2.26. The molecule has 0 bridgehead atoms. The zero-order valence-corrected chi connectivity index (χ0v) is 18.8. The van der Waals surface area contributed by atoms with Crippen molar-refractivity contribution in [2.45, 2.75) is 72.1 Å². The lowest BCUT2D eigenvalue weighted by molar-refractivity contribution is -0.929. The molecular formula is C20H44NO5S+. The summed E-state index contributed by atoms with van der Waals surface area (Å²) in [6.07, 6.45) is 8.54. The number of ether oxygens (including phenoxy) is 2. The molecule has 0 aliphatic heterocycles. The Bertz CT molecular complexity index is 418. The molecule has 0 fully saturated rings. The molecular weight excluding hydrogens is 366 g/mol. The fourth-order valence-electron chi connectivity index (χ4n) is 3.37. The third-order valence-corrected chi connectivity index (χ3v) is 5.74. The third-order valence-electron chi connectivity index (χ3n) is 4.94. The molecule has 0 aromatic carbocycles. The van der Waals surface area contributed by atoms with E-state index in [0.717, 1.165) is 56.5 Å². The summed E-state index contributed by atoms with van der Waals surface area (Å²) in [5.41, 5.74) is 0. The maximum atomic E-state index is 11.1. The molecule has 0 amide bonds. The standard InChI is InChI=1S/C20H43NO5S/c1-4-7-9-12-21(13-10-8-5-2,14-11-20-27(22,23)24)15-17-26-19-18-25-16-6-3/h4-20H2,1-3H3/p+1. The highest BCUT2D eigenvalue weighted by atomic mass is 32.2. The van der Waals surface area contributed by atoms with Crippen LogP contribution in [-0.4, -0.2) is 75.8 Å². The number of hydrogen-bond acceptors (Lipinski definition) is 4. The molecule has 0 unspecified atom stereocenters. The van der Waals surface area contributed by atoms with Gasteiger partial charge in [-0.3, -0.25) is 4.55 Å². The van der Waals surface area contributed by atoms with E-state index in [0.29, 0.717) is 26.2 Å². The fourth-order valence-corrected chi connectivity index (χ4v) is 3.87. The number of hydrogen-bond donors (Lipinski definition) is 1. The Labute approximate surface area is 167 Å². The highest BCUT2D eigenvalue weighted by Crippen LogP contribution is 2.15. The zero-order chi connectivity index (χ0) is 20.4. The van der Waals surface area contributed by atoms with Gasteiger partial charge in [-0.2, -0.15) is 8.42 Å². The summed E-state index contributed by atoms with van der Waals surface area (Å²) in [6, 6.07) is 0. The molecule has 0 aromatic heterocycles. The first-order chi connectivity index (χ1) is 12.9. The van der Waals surface area contributed by atoms with Crippen LogP contribution >= 0.6 is 0 Å². The van der Waals surface area contributed by atoms with Crippen molar-refractivity contribution in [1.29, 1.82) is 0 Å². The van der Waals surface area contributed by atoms with Gasteiger partial charge in [-0.05, 0) is 32.1 Å². The first-order valence-electron chi connectivity index (χ1n) is 10.8. The molecule has 0 heterocycles. The highest BCUT2D eigenvalue weighted by molar-refractivity contribution is 7.85. The van der Waals surface area contributed by atoms with Crippen LogP contribution in [-0.2, 0) is 19.6 Å². The Balaban J connectivity index is 4.68. The van der Waals surface area contributed by atoms with Crippen molar-refractivity contribution in [3.63, 3.8) is 0 Å². The Morgan fingerprint density at radius 3 is 1.67 bits per heavy atom. The summed E-state index contributed by atoms with van der Waals surface area (Å²) in [6.45, 7) is 12.9. The summed E-state index contributed by atoms with van der Waals surface area (Å²) in [7, 11) is -3.89. The molecule has 6 nitrogen and oxygen atoms in total. The van der Waals surface area contributed by atoms with Crippen LogP contribution < -0.4 is 0 Å². The Kier molecular flexibility index (Phi) is 16.6. The van der Waals surface area contributed by atoms with E-state index in [-0.39, 0.29) is 5.75 Å². The molecule has 0 aromatic rings. The lowest BCUT2D eigenvalue weighted by atomic mass is 10.1. The van der Waals surface area contributed by atoms with Gasteiger partial charge in [-0.25, -0.2) is 0 Å². The number of unbranched alkanes of at least 4 members (excludes halogenated alkanes) is 4. The van der Waals surface area contributed by atoms with E-state index in [1.54, 1.807) is 0 Å². The zero-order valence-electron chi connectivity index (χ0n) is 18.0. The first-order valence-corrected chi connectivity index (χ1v) is 12.5. The monoisotopic (exact) mass is 410 g/mol. The van der Waals surface area contributed by atoms with Gasteiger partial charge in [-0.15, -0.1) is 0 Å². The minimum absolute atomic E-state index is 0.153. The SMILES string of the molecule is CCCCC[N+](CCCCC)(CCCS(=O)(=O)O)CCOCCOCCC. The van der Waals surface area contributed by atoms with Gasteiger partial charge in [0.1, 0.15) is 6.54 Å². The average Bonchev–Trinajstić information content (AvgIpc) is 2.60. The second-order valence-corrected chi connectivity index (χ2v) is 9.09. The Hall–Kier alpha value is -0.210. The minimum Gasteiger partial charge on any atom is -0.379 e. The van der Waals surface area contributed by atoms with Crippen molar-refractivity contribution in [2.75, 3.05) is 58.4 Å². The van der Waals surface area contributed by atoms with Gasteiger partial charge in [0.05, 0.1) is 45.2 Å². The number of rotatable bonds is 20. The summed E-state index contributed by atoms with van der Waals surface area (Å²) in [5.74, 6) is -0.153. The summed E-state index contributed by atoms with van der Waals surface area (Å²) in [4.78, 5) is 0. The molecule has 27 heavy (non-hydrogen) atoms. The number of nitrogens with zero attached hydrogens (tertiary/aromatic N) is 1. The molecule has 0 aliphatic rings. The minimum atomic E-state index is -3.89. The fraction of sp³-hybridized carbons (Fsp3) is 1.00. The predicted octanol–water partition coefficient (Wildman–Crippen LogP) is 3.90. The van der Waals surface area contributed by atoms with Gasteiger partial charge in [-0.1, -0.05) is 33.6 Å². The quantitative estimate of drug-likeness (QED) is 0.187. The second kappa shape index (κ2) is 16.7. The topological polar surface area (TPSA) is 72.8 Å². The molecule has 7 heteroatoms. The molecule has 0 saturated carbocycles. The summed E-state index contributed by atoms with van der Waals surface area (Å²) >= 11 is 0. The van der Waals surface area contributed by atoms with Crippen LogP contribution in [0.5, 0.6) is 0 Å². The average molecular weight is 411 g/mol. The third kappa shape index (κ3) is 16.4. The smallest absolute Gasteiger partial charge is 0.265 e. The summed E-state index contributed by atoms with van der Waals surface area (Å²) in [5, 5.41) is 0. The maximum Gasteiger partial charge on any atom is 0.265 e. The van der Waals surface area contributed by atoms with Gasteiger partial charge in [0.25, 0.3) is 10.1 Å². The van der Waals surface area contributed by atoms with Crippen LogP contribution in [0.3, 0.4) is 0 Å². The van der Waals surface area contributed by atoms with Gasteiger partial charge in [0.2, 0.25) is 0 Å². The van der Waals surface area contributed by atoms with Crippen molar-refractivity contribution in [3.05, 3.63) is 0 Å². The predicted molar refractivity (Wildman–Crippen MR) is 112 cm³/mol. The molecule has 0 aliphatic carbocycles. The summed E-state index contributed by atoms with van der Waals surface area (Å²) < 4.78 is 43.5. The molecule has 0 atom stereocenters. The van der Waals surface area contributed by atoms with Crippen molar-refractivity contribution in [2.24, 2.45) is 0 Å². The van der Waals surface area contributed by atoms with E-state index in [9.17, 15) is 8.42 Å². The lowest BCUT2D eigenvalue weighted by Crippen LogP contribution is -2.52. The lowest BCUT2D eigenvalue weighted by Gasteiger charge is -2.39. The normalized spacial score (nSPS) is 12.6. The molecule has 1 N–H and O–H groups in total. The maximum absolute atomic E-state index is 11.1. The van der Waals surface area contributed by atoms with Gasteiger partial charge >= 0.3 is 0 Å². The Morgan fingerprint density at radius 2 is 1.19 bits per heavy atom. The number of quaternary nitrogens is 1. The molecule has 0 saturated heterocycles. The van der Waals surface area contributed by atoms with Gasteiger partial charge in [0.15, 0.2) is 0 Å². The van der Waals surface area contributed by atoms with Gasteiger partial charge < -0.3 is 14.0 Å². The molecule has 0 spiro atoms. The van der Waals surface area contributed by atoms with Crippen molar-refractivity contribution < 1.29 is 26.9 Å². The largest absolute Gasteiger partial charge is 0.379 e. The molecule has 0 radical (unpaired) electrons. The van der Waals surface area contributed by atoms with Crippen molar-refractivity contribution in [1.82, 2.24) is 0 Å². The van der Waals surface area contributed by atoms with Crippen LogP contribution in [0.25, 0.3) is 0 Å². The van der Waals surface area contributed by atoms with Crippen molar-refractivity contribution in [3.8, 4) is 0 Å². The second-order valence-electron chi connectivity index (χ2n) is 7.51.